The van der Waals surface area contributed by atoms with E-state index in [1.807, 2.05) is 19.1 Å². The summed E-state index contributed by atoms with van der Waals surface area (Å²) >= 11 is 0. The minimum atomic E-state index is -0.239. The molecule has 0 spiro atoms. The van der Waals surface area contributed by atoms with Crippen molar-refractivity contribution < 1.29 is 9.53 Å². The lowest BCUT2D eigenvalue weighted by molar-refractivity contribution is -0.187. The molecule has 0 saturated heterocycles. The summed E-state index contributed by atoms with van der Waals surface area (Å²) in [5.74, 6) is 1.53. The quantitative estimate of drug-likeness (QED) is 0.794. The second kappa shape index (κ2) is 5.11. The molecule has 21 heavy (non-hydrogen) atoms. The topological polar surface area (TPSA) is 39.2 Å². The molecule has 3 aliphatic rings. The number of aromatic nitrogens is 1. The van der Waals surface area contributed by atoms with Crippen molar-refractivity contribution in [1.29, 1.82) is 0 Å². The SMILES string of the molecule is CC(C(=O)OC1CC2CC([C@@H]1C)C2(C)C)c1cccnc1. The molecule has 0 amide bonds. The molecule has 5 atom stereocenters. The number of ether oxygens (including phenoxy) is 1. The van der Waals surface area contributed by atoms with Gasteiger partial charge in [0, 0.05) is 12.4 Å². The number of rotatable bonds is 3. The van der Waals surface area contributed by atoms with Gasteiger partial charge in [0.05, 0.1) is 5.92 Å². The van der Waals surface area contributed by atoms with Gasteiger partial charge in [-0.25, -0.2) is 0 Å². The van der Waals surface area contributed by atoms with Crippen LogP contribution >= 0.6 is 0 Å². The van der Waals surface area contributed by atoms with E-state index >= 15 is 0 Å². The van der Waals surface area contributed by atoms with Gasteiger partial charge in [0.2, 0.25) is 0 Å². The van der Waals surface area contributed by atoms with Crippen molar-refractivity contribution in [2.45, 2.75) is 52.6 Å². The minimum absolute atomic E-state index is 0.0911. The Bertz CT molecular complexity index is 525. The van der Waals surface area contributed by atoms with Gasteiger partial charge in [0.25, 0.3) is 0 Å². The Hall–Kier alpha value is -1.38. The smallest absolute Gasteiger partial charge is 0.313 e. The third-order valence-corrected chi connectivity index (χ3v) is 6.09. The van der Waals surface area contributed by atoms with Gasteiger partial charge in [-0.2, -0.15) is 0 Å². The number of esters is 1. The van der Waals surface area contributed by atoms with Gasteiger partial charge < -0.3 is 4.74 Å². The Morgan fingerprint density at radius 2 is 2.19 bits per heavy atom. The van der Waals surface area contributed by atoms with E-state index in [2.05, 4.69) is 25.8 Å². The molecule has 0 radical (unpaired) electrons. The van der Waals surface area contributed by atoms with Gasteiger partial charge in [0.1, 0.15) is 6.10 Å². The van der Waals surface area contributed by atoms with Gasteiger partial charge in [0.15, 0.2) is 0 Å². The largest absolute Gasteiger partial charge is 0.462 e. The number of fused-ring (bicyclic) bond motifs is 2. The monoisotopic (exact) mass is 287 g/mol. The summed E-state index contributed by atoms with van der Waals surface area (Å²) in [4.78, 5) is 16.5. The highest BCUT2D eigenvalue weighted by Crippen LogP contribution is 2.61. The number of nitrogens with zero attached hydrogens (tertiary/aromatic N) is 1. The highest BCUT2D eigenvalue weighted by molar-refractivity contribution is 5.77. The van der Waals surface area contributed by atoms with Crippen LogP contribution in [0.25, 0.3) is 0 Å². The lowest BCUT2D eigenvalue weighted by Gasteiger charge is -2.61. The van der Waals surface area contributed by atoms with Crippen LogP contribution in [0.15, 0.2) is 24.5 Å². The van der Waals surface area contributed by atoms with Crippen LogP contribution in [0, 0.1) is 23.2 Å². The van der Waals surface area contributed by atoms with Gasteiger partial charge in [-0.3, -0.25) is 9.78 Å². The fourth-order valence-corrected chi connectivity index (χ4v) is 4.28. The molecule has 3 aliphatic carbocycles. The van der Waals surface area contributed by atoms with E-state index in [0.29, 0.717) is 23.2 Å². The first-order valence-electron chi connectivity index (χ1n) is 8.01. The molecule has 1 aromatic rings. The molecule has 0 aliphatic heterocycles. The zero-order valence-electron chi connectivity index (χ0n) is 13.4. The van der Waals surface area contributed by atoms with E-state index in [9.17, 15) is 4.79 Å². The van der Waals surface area contributed by atoms with Crippen LogP contribution in [0.2, 0.25) is 0 Å². The lowest BCUT2D eigenvalue weighted by Crippen LogP contribution is -2.57. The third-order valence-electron chi connectivity index (χ3n) is 6.09. The van der Waals surface area contributed by atoms with Crippen LogP contribution in [-0.4, -0.2) is 17.1 Å². The molecular formula is C18H25NO2. The van der Waals surface area contributed by atoms with Crippen LogP contribution in [-0.2, 0) is 9.53 Å². The maximum absolute atomic E-state index is 12.4. The highest BCUT2D eigenvalue weighted by atomic mass is 16.5. The fourth-order valence-electron chi connectivity index (χ4n) is 4.28. The van der Waals surface area contributed by atoms with Crippen molar-refractivity contribution in [2.24, 2.45) is 23.2 Å². The fraction of sp³-hybridized carbons (Fsp3) is 0.667. The zero-order valence-corrected chi connectivity index (χ0v) is 13.4. The molecule has 0 aromatic carbocycles. The molecule has 3 nitrogen and oxygen atoms in total. The van der Waals surface area contributed by atoms with E-state index in [-0.39, 0.29) is 18.0 Å². The molecule has 1 aromatic heterocycles. The van der Waals surface area contributed by atoms with Crippen LogP contribution in [0.4, 0.5) is 0 Å². The Morgan fingerprint density at radius 3 is 2.76 bits per heavy atom. The molecule has 114 valence electrons. The lowest BCUT2D eigenvalue weighted by atomic mass is 9.45. The summed E-state index contributed by atoms with van der Waals surface area (Å²) in [5.41, 5.74) is 1.36. The summed E-state index contributed by atoms with van der Waals surface area (Å²) in [6.07, 6.45) is 5.89. The predicted octanol–water partition coefficient (Wildman–Crippen LogP) is 3.80. The average molecular weight is 287 g/mol. The van der Waals surface area contributed by atoms with Crippen LogP contribution in [0.5, 0.6) is 0 Å². The number of pyridine rings is 1. The van der Waals surface area contributed by atoms with E-state index in [1.165, 1.54) is 6.42 Å². The molecule has 3 heteroatoms. The average Bonchev–Trinajstić information content (AvgIpc) is 2.48. The number of hydrogen-bond donors (Lipinski definition) is 0. The first-order chi connectivity index (χ1) is 9.91. The van der Waals surface area contributed by atoms with Crippen molar-refractivity contribution in [2.75, 3.05) is 0 Å². The number of hydrogen-bond acceptors (Lipinski definition) is 3. The van der Waals surface area contributed by atoms with Crippen LogP contribution in [0.3, 0.4) is 0 Å². The number of carbonyl (C=O) groups is 1. The zero-order chi connectivity index (χ0) is 15.2. The summed E-state index contributed by atoms with van der Waals surface area (Å²) < 4.78 is 5.85. The molecular weight excluding hydrogens is 262 g/mol. The maximum Gasteiger partial charge on any atom is 0.313 e. The van der Waals surface area contributed by atoms with Gasteiger partial charge in [-0.05, 0) is 54.6 Å². The minimum Gasteiger partial charge on any atom is -0.462 e. The predicted molar refractivity (Wildman–Crippen MR) is 81.7 cm³/mol. The molecule has 1 heterocycles. The summed E-state index contributed by atoms with van der Waals surface area (Å²) in [7, 11) is 0. The Labute approximate surface area is 127 Å². The van der Waals surface area contributed by atoms with Gasteiger partial charge >= 0.3 is 5.97 Å². The third kappa shape index (κ3) is 2.37. The normalized spacial score (nSPS) is 34.7. The van der Waals surface area contributed by atoms with Crippen LogP contribution in [0.1, 0.15) is 52.0 Å². The van der Waals surface area contributed by atoms with Crippen molar-refractivity contribution in [1.82, 2.24) is 4.98 Å². The molecule has 3 fully saturated rings. The van der Waals surface area contributed by atoms with E-state index in [1.54, 1.807) is 12.4 Å². The first kappa shape index (κ1) is 14.6. The standard InChI is InChI=1S/C18H25NO2/c1-11(13-6-5-7-19-10-13)17(20)21-16-9-14-8-15(12(16)2)18(14,3)4/h5-7,10-12,14-16H,8-9H2,1-4H3/t11?,12-,14?,15?,16?/m0/s1. The molecule has 4 unspecified atom stereocenters. The number of carbonyl (C=O) groups excluding carboxylic acids is 1. The molecule has 2 bridgehead atoms. The molecule has 3 saturated carbocycles. The Morgan fingerprint density at radius 1 is 1.43 bits per heavy atom. The first-order valence-corrected chi connectivity index (χ1v) is 8.01. The van der Waals surface area contributed by atoms with E-state index in [4.69, 9.17) is 4.74 Å². The Balaban J connectivity index is 1.64. The van der Waals surface area contributed by atoms with Crippen molar-refractivity contribution >= 4 is 5.97 Å². The van der Waals surface area contributed by atoms with E-state index in [0.717, 1.165) is 12.0 Å². The maximum atomic E-state index is 12.4. The summed E-state index contributed by atoms with van der Waals surface area (Å²) in [5, 5.41) is 0. The summed E-state index contributed by atoms with van der Waals surface area (Å²) in [6.45, 7) is 8.86. The van der Waals surface area contributed by atoms with Crippen molar-refractivity contribution in [3.63, 3.8) is 0 Å². The Kier molecular flexibility index (Phi) is 3.54. The second-order valence-electron chi connectivity index (χ2n) is 7.44. The van der Waals surface area contributed by atoms with Crippen molar-refractivity contribution in [3.8, 4) is 0 Å². The van der Waals surface area contributed by atoms with Crippen LogP contribution < -0.4 is 0 Å². The highest BCUT2D eigenvalue weighted by Gasteiger charge is 2.57. The second-order valence-corrected chi connectivity index (χ2v) is 7.44. The molecule has 0 N–H and O–H groups in total. The van der Waals surface area contributed by atoms with Gasteiger partial charge in [-0.1, -0.05) is 26.8 Å². The summed E-state index contributed by atoms with van der Waals surface area (Å²) in [6, 6.07) is 3.80. The molecule has 4 rings (SSSR count). The van der Waals surface area contributed by atoms with Crippen molar-refractivity contribution in [3.05, 3.63) is 30.1 Å². The van der Waals surface area contributed by atoms with Gasteiger partial charge in [-0.15, -0.1) is 0 Å². The van der Waals surface area contributed by atoms with E-state index < -0.39 is 0 Å².